The molecule has 1 aliphatic rings. The van der Waals surface area contributed by atoms with E-state index in [1.54, 1.807) is 13.2 Å². The number of fused-ring (bicyclic) bond motifs is 1. The van der Waals surface area contributed by atoms with Crippen molar-refractivity contribution in [3.05, 3.63) is 21.5 Å². The molecule has 0 bridgehead atoms. The molecule has 1 amide bonds. The average molecular weight is 364 g/mol. The maximum Gasteiger partial charge on any atom is 0.246 e. The summed E-state index contributed by atoms with van der Waals surface area (Å²) in [6.07, 6.45) is 1.44. The smallest absolute Gasteiger partial charge is 0.246 e. The molecule has 1 unspecified atom stereocenters. The van der Waals surface area contributed by atoms with Crippen LogP contribution in [-0.2, 0) is 9.53 Å². The molecule has 0 saturated heterocycles. The summed E-state index contributed by atoms with van der Waals surface area (Å²) < 4.78 is 18.9. The molecule has 0 radical (unpaired) electrons. The number of nitrogens with one attached hydrogen (secondary N) is 2. The van der Waals surface area contributed by atoms with E-state index in [1.807, 2.05) is 22.6 Å². The van der Waals surface area contributed by atoms with Crippen LogP contribution >= 0.6 is 22.6 Å². The highest BCUT2D eigenvalue weighted by Crippen LogP contribution is 2.31. The van der Waals surface area contributed by atoms with Crippen LogP contribution in [-0.4, -0.2) is 25.7 Å². The highest BCUT2D eigenvalue weighted by molar-refractivity contribution is 14.1. The van der Waals surface area contributed by atoms with Gasteiger partial charge in [0.2, 0.25) is 5.91 Å². The fourth-order valence-electron chi connectivity index (χ4n) is 1.88. The minimum absolute atomic E-state index is 0.0824. The summed E-state index contributed by atoms with van der Waals surface area (Å²) in [5.74, 6) is -0.366. The Morgan fingerprint density at radius 3 is 2.94 bits per heavy atom. The predicted molar refractivity (Wildman–Crippen MR) is 76.3 cm³/mol. The lowest BCUT2D eigenvalue weighted by atomic mass is 10.1. The van der Waals surface area contributed by atoms with E-state index in [0.29, 0.717) is 28.0 Å². The van der Waals surface area contributed by atoms with Crippen LogP contribution in [0.5, 0.6) is 0 Å². The Labute approximate surface area is 118 Å². The number of methoxy groups -OCH3 is 1. The van der Waals surface area contributed by atoms with E-state index >= 15 is 0 Å². The van der Waals surface area contributed by atoms with Gasteiger partial charge in [-0.1, -0.05) is 0 Å². The number of halogens is 2. The lowest BCUT2D eigenvalue weighted by Gasteiger charge is -2.27. The summed E-state index contributed by atoms with van der Waals surface area (Å²) in [4.78, 5) is 11.8. The van der Waals surface area contributed by atoms with Gasteiger partial charge in [0.25, 0.3) is 0 Å². The highest BCUT2D eigenvalue weighted by atomic mass is 127. The zero-order valence-corrected chi connectivity index (χ0v) is 12.1. The molecule has 0 aliphatic carbocycles. The summed E-state index contributed by atoms with van der Waals surface area (Å²) in [5.41, 5.74) is 1.27. The van der Waals surface area contributed by atoms with Gasteiger partial charge < -0.3 is 15.4 Å². The van der Waals surface area contributed by atoms with E-state index in [4.69, 9.17) is 4.74 Å². The molecule has 1 aromatic carbocycles. The van der Waals surface area contributed by atoms with E-state index in [1.165, 1.54) is 6.07 Å². The fourth-order valence-corrected chi connectivity index (χ4v) is 2.34. The number of rotatable bonds is 4. The molecule has 98 valence electrons. The Kier molecular flexibility index (Phi) is 4.39. The Bertz CT molecular complexity index is 468. The van der Waals surface area contributed by atoms with Crippen LogP contribution in [0.2, 0.25) is 0 Å². The third kappa shape index (κ3) is 2.92. The van der Waals surface area contributed by atoms with Crippen molar-refractivity contribution in [3.63, 3.8) is 0 Å². The first kappa shape index (κ1) is 13.5. The van der Waals surface area contributed by atoms with E-state index in [-0.39, 0.29) is 17.8 Å². The molecule has 2 N–H and O–H groups in total. The summed E-state index contributed by atoms with van der Waals surface area (Å²) >= 11 is 1.90. The standard InChI is InChI=1S/C12H14FIN2O2/c1-18-4-2-3-9-12(17)16-11-6-8(14)7(13)5-10(11)15-9/h5-6,9,15H,2-4H2,1H3,(H,16,17). The fraction of sp³-hybridized carbons (Fsp3) is 0.417. The molecule has 1 aromatic rings. The second kappa shape index (κ2) is 5.83. The largest absolute Gasteiger partial charge is 0.385 e. The number of benzene rings is 1. The topological polar surface area (TPSA) is 50.4 Å². The Hall–Kier alpha value is -0.890. The van der Waals surface area contributed by atoms with Crippen LogP contribution in [0.1, 0.15) is 12.8 Å². The van der Waals surface area contributed by atoms with Crippen LogP contribution < -0.4 is 10.6 Å². The quantitative estimate of drug-likeness (QED) is 0.638. The van der Waals surface area contributed by atoms with Crippen LogP contribution in [0.25, 0.3) is 0 Å². The van der Waals surface area contributed by atoms with Crippen molar-refractivity contribution in [1.29, 1.82) is 0 Å². The summed E-state index contributed by atoms with van der Waals surface area (Å²) in [7, 11) is 1.63. The predicted octanol–water partition coefficient (Wildman–Crippen LogP) is 2.59. The molecule has 1 heterocycles. The highest BCUT2D eigenvalue weighted by Gasteiger charge is 2.25. The minimum Gasteiger partial charge on any atom is -0.385 e. The lowest BCUT2D eigenvalue weighted by Crippen LogP contribution is -2.39. The first-order chi connectivity index (χ1) is 8.61. The van der Waals surface area contributed by atoms with Crippen molar-refractivity contribution in [2.24, 2.45) is 0 Å². The summed E-state index contributed by atoms with van der Waals surface area (Å²) in [5, 5.41) is 5.85. The Morgan fingerprint density at radius 1 is 1.44 bits per heavy atom. The molecule has 1 atom stereocenters. The zero-order chi connectivity index (χ0) is 13.1. The normalized spacial score (nSPS) is 17.9. The number of carbonyl (C=O) groups is 1. The van der Waals surface area contributed by atoms with Crippen molar-refractivity contribution in [2.75, 3.05) is 24.4 Å². The van der Waals surface area contributed by atoms with E-state index in [2.05, 4.69) is 10.6 Å². The first-order valence-corrected chi connectivity index (χ1v) is 6.75. The molecule has 6 heteroatoms. The van der Waals surface area contributed by atoms with Gasteiger partial charge in [0.1, 0.15) is 11.9 Å². The van der Waals surface area contributed by atoms with Crippen LogP contribution in [0.4, 0.5) is 15.8 Å². The van der Waals surface area contributed by atoms with E-state index in [9.17, 15) is 9.18 Å². The van der Waals surface area contributed by atoms with Gasteiger partial charge in [-0.2, -0.15) is 0 Å². The Morgan fingerprint density at radius 2 is 2.22 bits per heavy atom. The van der Waals surface area contributed by atoms with Gasteiger partial charge in [-0.3, -0.25) is 4.79 Å². The van der Waals surface area contributed by atoms with Crippen molar-refractivity contribution >= 4 is 39.9 Å². The van der Waals surface area contributed by atoms with Crippen LogP contribution in [0, 0.1) is 9.39 Å². The third-order valence-electron chi connectivity index (χ3n) is 2.81. The summed E-state index contributed by atoms with van der Waals surface area (Å²) in [6, 6.07) is 2.72. The van der Waals surface area contributed by atoms with Crippen molar-refractivity contribution in [2.45, 2.75) is 18.9 Å². The van der Waals surface area contributed by atoms with Crippen LogP contribution in [0.15, 0.2) is 12.1 Å². The number of anilines is 2. The maximum absolute atomic E-state index is 13.5. The zero-order valence-electron chi connectivity index (χ0n) is 9.93. The number of hydrogen-bond acceptors (Lipinski definition) is 3. The van der Waals surface area contributed by atoms with E-state index < -0.39 is 0 Å². The van der Waals surface area contributed by atoms with Gasteiger partial charge in [0.05, 0.1) is 14.9 Å². The molecule has 1 aliphatic heterocycles. The number of carbonyl (C=O) groups excluding carboxylic acids is 1. The van der Waals surface area contributed by atoms with Gasteiger partial charge in [0.15, 0.2) is 0 Å². The second-order valence-electron chi connectivity index (χ2n) is 4.13. The first-order valence-electron chi connectivity index (χ1n) is 5.67. The average Bonchev–Trinajstić information content (AvgIpc) is 2.33. The van der Waals surface area contributed by atoms with Gasteiger partial charge in [-0.25, -0.2) is 4.39 Å². The maximum atomic E-state index is 13.5. The van der Waals surface area contributed by atoms with Gasteiger partial charge in [0, 0.05) is 19.8 Å². The summed E-state index contributed by atoms with van der Waals surface area (Å²) in [6.45, 7) is 0.610. The van der Waals surface area contributed by atoms with Crippen LogP contribution in [0.3, 0.4) is 0 Å². The monoisotopic (exact) mass is 364 g/mol. The van der Waals surface area contributed by atoms with Gasteiger partial charge in [-0.15, -0.1) is 0 Å². The van der Waals surface area contributed by atoms with E-state index in [0.717, 1.165) is 6.42 Å². The molecule has 0 aromatic heterocycles. The molecule has 0 saturated carbocycles. The second-order valence-corrected chi connectivity index (χ2v) is 5.30. The number of amides is 1. The molecule has 0 fully saturated rings. The van der Waals surface area contributed by atoms with Crippen molar-refractivity contribution in [1.82, 2.24) is 0 Å². The lowest BCUT2D eigenvalue weighted by molar-refractivity contribution is -0.117. The Balaban J connectivity index is 2.12. The SMILES string of the molecule is COCCCC1Nc2cc(F)c(I)cc2NC1=O. The number of hydrogen-bond donors (Lipinski definition) is 2. The molecule has 4 nitrogen and oxygen atoms in total. The molecule has 18 heavy (non-hydrogen) atoms. The molecular weight excluding hydrogens is 350 g/mol. The number of ether oxygens (including phenoxy) is 1. The van der Waals surface area contributed by atoms with Crippen molar-refractivity contribution in [3.8, 4) is 0 Å². The molecular formula is C12H14FIN2O2. The van der Waals surface area contributed by atoms with Gasteiger partial charge >= 0.3 is 0 Å². The van der Waals surface area contributed by atoms with Gasteiger partial charge in [-0.05, 0) is 41.5 Å². The minimum atomic E-state index is -0.327. The molecule has 0 spiro atoms. The molecule has 2 rings (SSSR count). The van der Waals surface area contributed by atoms with Crippen molar-refractivity contribution < 1.29 is 13.9 Å². The third-order valence-corrected chi connectivity index (χ3v) is 3.63.